The number of hydrogen-bond acceptors (Lipinski definition) is 9. The van der Waals surface area contributed by atoms with Crippen LogP contribution in [0.3, 0.4) is 0 Å². The molecule has 0 saturated heterocycles. The zero-order chi connectivity index (χ0) is 23.5. The zero-order valence-electron chi connectivity index (χ0n) is 18.2. The van der Waals surface area contributed by atoms with Crippen molar-refractivity contribution in [1.82, 2.24) is 15.3 Å². The van der Waals surface area contributed by atoms with E-state index in [-0.39, 0.29) is 18.3 Å². The number of ether oxygens (including phenoxy) is 2. The number of nitrogen functional groups attached to an aromatic ring is 1. The lowest BCUT2D eigenvalue weighted by Gasteiger charge is -2.20. The Kier molecular flexibility index (Phi) is 7.05. The van der Waals surface area contributed by atoms with Crippen LogP contribution in [0.5, 0.6) is 5.75 Å². The van der Waals surface area contributed by atoms with E-state index in [2.05, 4.69) is 21.9 Å². The van der Waals surface area contributed by atoms with Crippen molar-refractivity contribution in [3.63, 3.8) is 0 Å². The van der Waals surface area contributed by atoms with Gasteiger partial charge in [-0.15, -0.1) is 11.3 Å². The van der Waals surface area contributed by atoms with E-state index in [0.29, 0.717) is 37.2 Å². The predicted molar refractivity (Wildman–Crippen MR) is 128 cm³/mol. The highest BCUT2D eigenvalue weighted by Gasteiger charge is 2.24. The summed E-state index contributed by atoms with van der Waals surface area (Å²) < 4.78 is 10.1. The molecule has 0 saturated carbocycles. The van der Waals surface area contributed by atoms with Gasteiger partial charge in [0.25, 0.3) is 5.91 Å². The first kappa shape index (κ1) is 23.6. The molecule has 0 aliphatic heterocycles. The molecule has 2 aromatic heterocycles. The number of anilines is 1. The molecule has 3 aromatic rings. The molecule has 0 radical (unpaired) electrons. The molecule has 0 atom stereocenters. The Hall–Kier alpha value is -3.11. The van der Waals surface area contributed by atoms with Crippen molar-refractivity contribution >= 4 is 51.1 Å². The van der Waals surface area contributed by atoms with Crippen molar-refractivity contribution in [2.24, 2.45) is 0 Å². The van der Waals surface area contributed by atoms with Crippen LogP contribution in [0.1, 0.15) is 30.4 Å². The quantitative estimate of drug-likeness (QED) is 0.171. The predicted octanol–water partition coefficient (Wildman–Crippen LogP) is 4.89. The number of carbonyl (C=O) groups is 2. The Morgan fingerprint density at radius 3 is 2.72 bits per heavy atom. The molecule has 0 fully saturated rings. The van der Waals surface area contributed by atoms with Crippen LogP contribution in [0.2, 0.25) is 0 Å². The number of rotatable bonds is 6. The summed E-state index contributed by atoms with van der Waals surface area (Å²) in [5.74, 6) is 0.0187. The summed E-state index contributed by atoms with van der Waals surface area (Å²) in [7, 11) is 0. The van der Waals surface area contributed by atoms with Crippen LogP contribution in [0.4, 0.5) is 10.5 Å². The highest BCUT2D eigenvalue weighted by Crippen LogP contribution is 2.40. The SMILES string of the molecule is C=CCOC(=O)Oc1cccc(-c2nc(SC)nc3sc(C(=O)NC(C)(C)C)c(N)c23)c1. The minimum absolute atomic E-state index is 0.0486. The first-order chi connectivity index (χ1) is 15.1. The zero-order valence-corrected chi connectivity index (χ0v) is 19.9. The lowest BCUT2D eigenvalue weighted by atomic mass is 10.1. The maximum atomic E-state index is 12.8. The van der Waals surface area contributed by atoms with E-state index in [1.165, 1.54) is 29.2 Å². The molecule has 168 valence electrons. The maximum absolute atomic E-state index is 12.8. The number of hydrogen-bond donors (Lipinski definition) is 2. The molecule has 0 spiro atoms. The second-order valence-corrected chi connectivity index (χ2v) is 9.54. The van der Waals surface area contributed by atoms with Crippen molar-refractivity contribution in [3.05, 3.63) is 41.8 Å². The molecule has 3 N–H and O–H groups in total. The highest BCUT2D eigenvalue weighted by molar-refractivity contribution is 7.98. The molecule has 1 amide bonds. The Labute approximate surface area is 194 Å². The van der Waals surface area contributed by atoms with Crippen LogP contribution in [0, 0.1) is 0 Å². The number of aromatic nitrogens is 2. The van der Waals surface area contributed by atoms with Gasteiger partial charge in [0.15, 0.2) is 5.16 Å². The maximum Gasteiger partial charge on any atom is 0.514 e. The van der Waals surface area contributed by atoms with Gasteiger partial charge < -0.3 is 20.5 Å². The van der Waals surface area contributed by atoms with E-state index >= 15 is 0 Å². The van der Waals surface area contributed by atoms with Crippen molar-refractivity contribution in [1.29, 1.82) is 0 Å². The minimum atomic E-state index is -0.837. The van der Waals surface area contributed by atoms with Gasteiger partial charge in [-0.2, -0.15) is 0 Å². The molecule has 3 rings (SSSR count). The second kappa shape index (κ2) is 9.58. The highest BCUT2D eigenvalue weighted by atomic mass is 32.2. The van der Waals surface area contributed by atoms with Gasteiger partial charge in [-0.25, -0.2) is 14.8 Å². The third kappa shape index (κ3) is 5.38. The van der Waals surface area contributed by atoms with Gasteiger partial charge >= 0.3 is 6.16 Å². The van der Waals surface area contributed by atoms with Gasteiger partial charge in [-0.3, -0.25) is 4.79 Å². The van der Waals surface area contributed by atoms with E-state index < -0.39 is 11.7 Å². The Bertz CT molecular complexity index is 1180. The van der Waals surface area contributed by atoms with Gasteiger partial charge in [-0.05, 0) is 39.2 Å². The Morgan fingerprint density at radius 2 is 2.06 bits per heavy atom. The van der Waals surface area contributed by atoms with Crippen molar-refractivity contribution in [2.75, 3.05) is 18.6 Å². The average molecular weight is 473 g/mol. The van der Waals surface area contributed by atoms with E-state index in [4.69, 9.17) is 15.2 Å². The van der Waals surface area contributed by atoms with Gasteiger partial charge in [-0.1, -0.05) is 36.5 Å². The smallest absolute Gasteiger partial charge is 0.430 e. The average Bonchev–Trinajstić information content (AvgIpc) is 3.07. The molecule has 0 unspecified atom stereocenters. The third-order valence-corrected chi connectivity index (χ3v) is 5.72. The second-order valence-electron chi connectivity index (χ2n) is 7.77. The van der Waals surface area contributed by atoms with Crippen molar-refractivity contribution in [3.8, 4) is 17.0 Å². The summed E-state index contributed by atoms with van der Waals surface area (Å²) in [6, 6.07) is 6.84. The molecule has 2 heterocycles. The number of fused-ring (bicyclic) bond motifs is 1. The molecule has 32 heavy (non-hydrogen) atoms. The fourth-order valence-electron chi connectivity index (χ4n) is 2.83. The lowest BCUT2D eigenvalue weighted by Crippen LogP contribution is -2.40. The number of thioether (sulfide) groups is 1. The number of nitrogens with two attached hydrogens (primary N) is 1. The molecule has 8 nitrogen and oxygen atoms in total. The molecule has 0 aliphatic rings. The standard InChI is InChI=1S/C22H24N4O4S2/c1-6-10-29-21(28)30-13-9-7-8-12(11-13)16-14-15(23)17(18(27)26-22(2,3)4)32-19(14)25-20(24-16)31-5/h6-9,11H,1,10,23H2,2-5H3,(H,26,27). The van der Waals surface area contributed by atoms with Crippen molar-refractivity contribution < 1.29 is 19.1 Å². The number of benzene rings is 1. The van der Waals surface area contributed by atoms with Gasteiger partial charge in [0.05, 0.1) is 16.8 Å². The number of amides is 1. The lowest BCUT2D eigenvalue weighted by molar-refractivity contribution is 0.0924. The Morgan fingerprint density at radius 1 is 1.31 bits per heavy atom. The van der Waals surface area contributed by atoms with E-state index in [1.54, 1.807) is 18.2 Å². The minimum Gasteiger partial charge on any atom is -0.430 e. The Balaban J connectivity index is 2.08. The molecular formula is C22H24N4O4S2. The van der Waals surface area contributed by atoms with Crippen LogP contribution < -0.4 is 15.8 Å². The van der Waals surface area contributed by atoms with E-state index in [0.717, 1.165) is 0 Å². The molecular weight excluding hydrogens is 448 g/mol. The van der Waals surface area contributed by atoms with Crippen LogP contribution >= 0.6 is 23.1 Å². The summed E-state index contributed by atoms with van der Waals surface area (Å²) in [5, 5.41) is 4.05. The first-order valence-electron chi connectivity index (χ1n) is 9.65. The summed E-state index contributed by atoms with van der Waals surface area (Å²) in [6.07, 6.45) is 2.48. The third-order valence-electron chi connectivity index (χ3n) is 4.07. The topological polar surface area (TPSA) is 116 Å². The van der Waals surface area contributed by atoms with Crippen LogP contribution in [0.15, 0.2) is 42.1 Å². The molecule has 10 heteroatoms. The summed E-state index contributed by atoms with van der Waals surface area (Å²) >= 11 is 2.60. The fourth-order valence-corrected chi connectivity index (χ4v) is 4.24. The number of nitrogens with one attached hydrogen (secondary N) is 1. The first-order valence-corrected chi connectivity index (χ1v) is 11.7. The number of nitrogens with zero attached hydrogens (tertiary/aromatic N) is 2. The normalized spacial score (nSPS) is 11.2. The van der Waals surface area contributed by atoms with E-state index in [9.17, 15) is 9.59 Å². The molecule has 0 aliphatic carbocycles. The fraction of sp³-hybridized carbons (Fsp3) is 0.273. The number of thiophene rings is 1. The van der Waals surface area contributed by atoms with Crippen molar-refractivity contribution in [2.45, 2.75) is 31.5 Å². The largest absolute Gasteiger partial charge is 0.514 e. The van der Waals surface area contributed by atoms with Crippen LogP contribution in [0.25, 0.3) is 21.5 Å². The van der Waals surface area contributed by atoms with Gasteiger partial charge in [0.1, 0.15) is 22.1 Å². The van der Waals surface area contributed by atoms with Gasteiger partial charge in [0.2, 0.25) is 0 Å². The summed E-state index contributed by atoms with van der Waals surface area (Å²) in [5.41, 5.74) is 7.52. The van der Waals surface area contributed by atoms with Gasteiger partial charge in [0, 0.05) is 11.1 Å². The monoisotopic (exact) mass is 472 g/mol. The van der Waals surface area contributed by atoms with Crippen LogP contribution in [-0.4, -0.2) is 40.4 Å². The van der Waals surface area contributed by atoms with Crippen LogP contribution in [-0.2, 0) is 4.74 Å². The molecule has 0 bridgehead atoms. The number of carbonyl (C=O) groups excluding carboxylic acids is 2. The van der Waals surface area contributed by atoms with E-state index in [1.807, 2.05) is 33.1 Å². The molecule has 1 aromatic carbocycles. The summed E-state index contributed by atoms with van der Waals surface area (Å²) in [6.45, 7) is 9.24. The summed E-state index contributed by atoms with van der Waals surface area (Å²) in [4.78, 5) is 34.7.